The zero-order chi connectivity index (χ0) is 16.7. The molecule has 1 amide bonds. The topological polar surface area (TPSA) is 59.8 Å². The van der Waals surface area contributed by atoms with Crippen LogP contribution in [0.4, 0.5) is 5.69 Å². The van der Waals surface area contributed by atoms with Gasteiger partial charge < -0.3 is 9.88 Å². The quantitative estimate of drug-likeness (QED) is 0.842. The first kappa shape index (κ1) is 15.9. The Kier molecular flexibility index (Phi) is 4.01. The molecule has 0 radical (unpaired) electrons. The number of hydrogen-bond donors (Lipinski definition) is 1. The summed E-state index contributed by atoms with van der Waals surface area (Å²) in [6.07, 6.45) is 5.06. The van der Waals surface area contributed by atoms with E-state index in [0.717, 1.165) is 42.3 Å². The Morgan fingerprint density at radius 2 is 1.92 bits per heavy atom. The molecule has 2 aliphatic rings. The van der Waals surface area contributed by atoms with Crippen LogP contribution in [0.25, 0.3) is 11.4 Å². The van der Waals surface area contributed by atoms with Gasteiger partial charge in [-0.05, 0) is 43.5 Å². The number of amides is 1. The molecule has 1 aromatic carbocycles. The molecular weight excluding hydrogens is 347 g/mol. The monoisotopic (exact) mass is 364 g/mol. The number of aryl methyl sites for hydroxylation is 1. The first-order valence-corrected chi connectivity index (χ1v) is 9.01. The number of hydrogen-bond acceptors (Lipinski definition) is 3. The van der Waals surface area contributed by atoms with E-state index >= 15 is 0 Å². The number of rotatable bonds is 3. The molecule has 0 unspecified atom stereocenters. The van der Waals surface area contributed by atoms with Gasteiger partial charge in [-0.1, -0.05) is 6.42 Å². The van der Waals surface area contributed by atoms with Crippen molar-refractivity contribution in [1.29, 1.82) is 0 Å². The Bertz CT molecular complexity index is 769. The molecule has 1 N–H and O–H groups in total. The highest BCUT2D eigenvalue weighted by atomic mass is 35.5. The van der Waals surface area contributed by atoms with Crippen LogP contribution in [0.5, 0.6) is 0 Å². The van der Waals surface area contributed by atoms with E-state index < -0.39 is 4.33 Å². The van der Waals surface area contributed by atoms with Gasteiger partial charge in [-0.2, -0.15) is 0 Å². The van der Waals surface area contributed by atoms with Crippen LogP contribution in [0, 0.1) is 5.92 Å². The Hall–Kier alpha value is -1.59. The smallest absolute Gasteiger partial charge is 0.230 e. The average Bonchev–Trinajstić information content (AvgIpc) is 3.13. The summed E-state index contributed by atoms with van der Waals surface area (Å²) >= 11 is 11.9. The molecule has 1 aliphatic heterocycles. The number of alkyl halides is 2. The normalized spacial score (nSPS) is 21.7. The molecule has 2 heterocycles. The Morgan fingerprint density at radius 3 is 2.62 bits per heavy atom. The number of nitrogens with zero attached hydrogens (tertiary/aromatic N) is 3. The molecule has 126 valence electrons. The van der Waals surface area contributed by atoms with Gasteiger partial charge in [-0.15, -0.1) is 33.4 Å². The van der Waals surface area contributed by atoms with E-state index in [1.54, 1.807) is 0 Å². The third kappa shape index (κ3) is 3.03. The van der Waals surface area contributed by atoms with Gasteiger partial charge in [-0.3, -0.25) is 4.79 Å². The lowest BCUT2D eigenvalue weighted by Crippen LogP contribution is -2.16. The van der Waals surface area contributed by atoms with Gasteiger partial charge >= 0.3 is 0 Å². The Labute approximate surface area is 150 Å². The van der Waals surface area contributed by atoms with Crippen molar-refractivity contribution in [2.75, 3.05) is 5.32 Å². The number of benzene rings is 1. The van der Waals surface area contributed by atoms with Crippen LogP contribution in [-0.2, 0) is 17.8 Å². The van der Waals surface area contributed by atoms with Crippen LogP contribution in [-0.4, -0.2) is 25.0 Å². The summed E-state index contributed by atoms with van der Waals surface area (Å²) in [5.41, 5.74) is 1.74. The van der Waals surface area contributed by atoms with Gasteiger partial charge in [0, 0.05) is 24.2 Å². The third-order valence-electron chi connectivity index (χ3n) is 4.66. The fourth-order valence-electron chi connectivity index (χ4n) is 3.13. The molecule has 1 aromatic heterocycles. The second-order valence-electron chi connectivity index (χ2n) is 6.49. The molecule has 1 saturated carbocycles. The van der Waals surface area contributed by atoms with E-state index in [4.69, 9.17) is 23.2 Å². The van der Waals surface area contributed by atoms with Crippen LogP contribution >= 0.6 is 23.2 Å². The van der Waals surface area contributed by atoms with Crippen molar-refractivity contribution in [2.45, 2.75) is 43.0 Å². The summed E-state index contributed by atoms with van der Waals surface area (Å²) in [5.74, 6) is 1.50. The molecule has 4 rings (SSSR count). The van der Waals surface area contributed by atoms with Crippen LogP contribution < -0.4 is 5.32 Å². The Morgan fingerprint density at radius 1 is 1.17 bits per heavy atom. The lowest BCUT2D eigenvalue weighted by atomic mass is 10.2. The summed E-state index contributed by atoms with van der Waals surface area (Å²) in [7, 11) is 0. The second kappa shape index (κ2) is 6.05. The SMILES string of the molecule is O=C(Nc1ccc(-c2nnc3n2CCCCC3)cc1)[C@H]1CC1(Cl)Cl. The molecule has 1 atom stereocenters. The predicted octanol–water partition coefficient (Wildman–Crippen LogP) is 3.80. The molecule has 5 nitrogen and oxygen atoms in total. The van der Waals surface area contributed by atoms with Crippen molar-refractivity contribution >= 4 is 34.8 Å². The molecule has 0 spiro atoms. The van der Waals surface area contributed by atoms with Crippen LogP contribution in [0.1, 0.15) is 31.5 Å². The van der Waals surface area contributed by atoms with E-state index in [1.807, 2.05) is 24.3 Å². The highest BCUT2D eigenvalue weighted by Gasteiger charge is 2.56. The van der Waals surface area contributed by atoms with E-state index in [9.17, 15) is 4.79 Å². The first-order chi connectivity index (χ1) is 11.5. The predicted molar refractivity (Wildman–Crippen MR) is 94.2 cm³/mol. The fraction of sp³-hybridized carbons (Fsp3) is 0.471. The maximum Gasteiger partial charge on any atom is 0.230 e. The van der Waals surface area contributed by atoms with E-state index in [1.165, 1.54) is 12.8 Å². The highest BCUT2D eigenvalue weighted by Crippen LogP contribution is 2.53. The zero-order valence-electron chi connectivity index (χ0n) is 13.1. The molecule has 1 aliphatic carbocycles. The number of aromatic nitrogens is 3. The lowest BCUT2D eigenvalue weighted by molar-refractivity contribution is -0.117. The van der Waals surface area contributed by atoms with Crippen molar-refractivity contribution in [3.05, 3.63) is 30.1 Å². The number of fused-ring (bicyclic) bond motifs is 1. The minimum atomic E-state index is -0.900. The maximum atomic E-state index is 12.0. The zero-order valence-corrected chi connectivity index (χ0v) is 14.6. The number of anilines is 1. The number of nitrogens with one attached hydrogen (secondary N) is 1. The maximum absolute atomic E-state index is 12.0. The molecule has 0 bridgehead atoms. The van der Waals surface area contributed by atoms with Gasteiger partial charge in [-0.25, -0.2) is 0 Å². The minimum absolute atomic E-state index is 0.135. The largest absolute Gasteiger partial charge is 0.326 e. The van der Waals surface area contributed by atoms with Gasteiger partial charge in [0.1, 0.15) is 10.2 Å². The van der Waals surface area contributed by atoms with E-state index in [0.29, 0.717) is 6.42 Å². The molecule has 0 saturated heterocycles. The summed E-state index contributed by atoms with van der Waals surface area (Å²) in [5, 5.41) is 11.5. The average molecular weight is 365 g/mol. The van der Waals surface area contributed by atoms with Crippen LogP contribution in [0.2, 0.25) is 0 Å². The van der Waals surface area contributed by atoms with E-state index in [2.05, 4.69) is 20.1 Å². The van der Waals surface area contributed by atoms with Crippen LogP contribution in [0.3, 0.4) is 0 Å². The minimum Gasteiger partial charge on any atom is -0.326 e. The summed E-state index contributed by atoms with van der Waals surface area (Å²) in [4.78, 5) is 12.0. The van der Waals surface area contributed by atoms with Crippen molar-refractivity contribution in [3.63, 3.8) is 0 Å². The van der Waals surface area contributed by atoms with Crippen molar-refractivity contribution in [3.8, 4) is 11.4 Å². The molecular formula is C17H18Cl2N4O. The summed E-state index contributed by atoms with van der Waals surface area (Å²) in [6.45, 7) is 0.964. The molecule has 7 heteroatoms. The lowest BCUT2D eigenvalue weighted by Gasteiger charge is -2.09. The Balaban J connectivity index is 1.50. The van der Waals surface area contributed by atoms with Crippen molar-refractivity contribution in [1.82, 2.24) is 14.8 Å². The fourth-order valence-corrected chi connectivity index (χ4v) is 3.64. The van der Waals surface area contributed by atoms with Crippen LogP contribution in [0.15, 0.2) is 24.3 Å². The second-order valence-corrected chi connectivity index (χ2v) is 8.03. The number of carbonyl (C=O) groups is 1. The standard InChI is InChI=1S/C17H18Cl2N4O/c18-17(19)10-13(17)16(24)20-12-7-5-11(6-8-12)15-22-21-14-4-2-1-3-9-23(14)15/h5-8,13H,1-4,9-10H2,(H,20,24)/t13-/m1/s1. The van der Waals surface area contributed by atoms with E-state index in [-0.39, 0.29) is 11.8 Å². The van der Waals surface area contributed by atoms with Gasteiger partial charge in [0.25, 0.3) is 0 Å². The summed E-state index contributed by atoms with van der Waals surface area (Å²) < 4.78 is 1.31. The molecule has 24 heavy (non-hydrogen) atoms. The van der Waals surface area contributed by atoms with Gasteiger partial charge in [0.05, 0.1) is 5.92 Å². The first-order valence-electron chi connectivity index (χ1n) is 8.26. The highest BCUT2D eigenvalue weighted by molar-refractivity contribution is 6.52. The molecule has 1 fully saturated rings. The number of halogens is 2. The number of carbonyl (C=O) groups excluding carboxylic acids is 1. The van der Waals surface area contributed by atoms with Gasteiger partial charge in [0.15, 0.2) is 5.82 Å². The van der Waals surface area contributed by atoms with Gasteiger partial charge in [0.2, 0.25) is 5.91 Å². The third-order valence-corrected chi connectivity index (χ3v) is 5.50. The van der Waals surface area contributed by atoms with Crippen molar-refractivity contribution < 1.29 is 4.79 Å². The molecule has 2 aromatic rings. The summed E-state index contributed by atoms with van der Waals surface area (Å²) in [6, 6.07) is 7.66. The van der Waals surface area contributed by atoms with Crippen molar-refractivity contribution in [2.24, 2.45) is 5.92 Å².